The lowest BCUT2D eigenvalue weighted by atomic mass is 10.0. The molecular weight excluding hydrogens is 436 g/mol. The third kappa shape index (κ3) is 7.44. The fourth-order valence-electron chi connectivity index (χ4n) is 3.94. The first-order chi connectivity index (χ1) is 16.7. The van der Waals surface area contributed by atoms with Crippen LogP contribution in [-0.4, -0.2) is 35.4 Å². The Bertz CT molecular complexity index is 1140. The summed E-state index contributed by atoms with van der Waals surface area (Å²) in [6.45, 7) is 10.1. The van der Waals surface area contributed by atoms with Crippen LogP contribution in [0.4, 0.5) is 0 Å². The maximum absolute atomic E-state index is 13.6. The molecule has 1 N–H and O–H groups in total. The van der Waals surface area contributed by atoms with Crippen LogP contribution in [0.25, 0.3) is 0 Å². The Morgan fingerprint density at radius 3 is 2.20 bits per heavy atom. The Hall–Kier alpha value is -3.60. The standard InChI is InChI=1S/C30H36N2O3/c1-21(2)31-30(34)28(18-25-12-7-6-8-13-25)32(19-26-14-10-9-11-23(26)4)29(33)20-35-27-16-15-22(3)24(5)17-27/h6-17,21,28H,18-20H2,1-5H3,(H,31,34). The first-order valence-electron chi connectivity index (χ1n) is 12.1. The van der Waals surface area contributed by atoms with E-state index in [0.717, 1.165) is 27.8 Å². The van der Waals surface area contributed by atoms with E-state index in [1.54, 1.807) is 4.90 Å². The van der Waals surface area contributed by atoms with Crippen LogP contribution in [0, 0.1) is 20.8 Å². The molecule has 5 nitrogen and oxygen atoms in total. The molecule has 0 radical (unpaired) electrons. The minimum atomic E-state index is -0.671. The van der Waals surface area contributed by atoms with Gasteiger partial charge in [-0.1, -0.05) is 60.7 Å². The van der Waals surface area contributed by atoms with Crippen LogP contribution in [0.3, 0.4) is 0 Å². The topological polar surface area (TPSA) is 58.6 Å². The zero-order chi connectivity index (χ0) is 25.4. The predicted molar refractivity (Wildman–Crippen MR) is 140 cm³/mol. The lowest BCUT2D eigenvalue weighted by Gasteiger charge is -2.32. The molecule has 0 aliphatic carbocycles. The van der Waals surface area contributed by atoms with Crippen LogP contribution in [-0.2, 0) is 22.6 Å². The minimum Gasteiger partial charge on any atom is -0.484 e. The Morgan fingerprint density at radius 1 is 0.857 bits per heavy atom. The van der Waals surface area contributed by atoms with Gasteiger partial charge in [0.05, 0.1) is 0 Å². The molecule has 0 bridgehead atoms. The molecule has 35 heavy (non-hydrogen) atoms. The number of benzene rings is 3. The van der Waals surface area contributed by atoms with Gasteiger partial charge in [0.1, 0.15) is 11.8 Å². The van der Waals surface area contributed by atoms with Gasteiger partial charge in [-0.05, 0) is 74.6 Å². The van der Waals surface area contributed by atoms with E-state index in [1.165, 1.54) is 0 Å². The van der Waals surface area contributed by atoms with E-state index in [1.807, 2.05) is 107 Å². The molecule has 2 amide bonds. The van der Waals surface area contributed by atoms with E-state index >= 15 is 0 Å². The molecule has 3 aromatic rings. The van der Waals surface area contributed by atoms with E-state index in [4.69, 9.17) is 4.74 Å². The van der Waals surface area contributed by atoms with Crippen molar-refractivity contribution < 1.29 is 14.3 Å². The van der Waals surface area contributed by atoms with E-state index in [2.05, 4.69) is 5.32 Å². The van der Waals surface area contributed by atoms with Gasteiger partial charge in [0.15, 0.2) is 6.61 Å². The van der Waals surface area contributed by atoms with Crippen molar-refractivity contribution in [3.05, 3.63) is 101 Å². The van der Waals surface area contributed by atoms with Crippen LogP contribution in [0.15, 0.2) is 72.8 Å². The highest BCUT2D eigenvalue weighted by molar-refractivity contribution is 5.88. The van der Waals surface area contributed by atoms with Crippen molar-refractivity contribution in [2.45, 2.75) is 59.7 Å². The zero-order valence-corrected chi connectivity index (χ0v) is 21.4. The second-order valence-corrected chi connectivity index (χ2v) is 9.35. The molecule has 3 rings (SSSR count). The summed E-state index contributed by atoms with van der Waals surface area (Å²) in [5.74, 6) is 0.242. The minimum absolute atomic E-state index is 0.0389. The summed E-state index contributed by atoms with van der Waals surface area (Å²) in [5, 5.41) is 3.01. The Kier molecular flexibility index (Phi) is 9.07. The third-order valence-corrected chi connectivity index (χ3v) is 6.14. The van der Waals surface area contributed by atoms with Crippen molar-refractivity contribution in [3.63, 3.8) is 0 Å². The van der Waals surface area contributed by atoms with Crippen molar-refractivity contribution in [2.24, 2.45) is 0 Å². The highest BCUT2D eigenvalue weighted by Gasteiger charge is 2.31. The molecule has 0 saturated heterocycles. The number of aryl methyl sites for hydroxylation is 3. The van der Waals surface area contributed by atoms with Crippen LogP contribution in [0.5, 0.6) is 5.75 Å². The van der Waals surface area contributed by atoms with Crippen molar-refractivity contribution in [1.82, 2.24) is 10.2 Å². The largest absolute Gasteiger partial charge is 0.484 e. The van der Waals surface area contributed by atoms with Gasteiger partial charge < -0.3 is 15.0 Å². The predicted octanol–water partition coefficient (Wildman–Crippen LogP) is 5.16. The molecule has 3 aromatic carbocycles. The second-order valence-electron chi connectivity index (χ2n) is 9.35. The Balaban J connectivity index is 1.92. The van der Waals surface area contributed by atoms with Gasteiger partial charge in [0.25, 0.3) is 5.91 Å². The first-order valence-corrected chi connectivity index (χ1v) is 12.1. The van der Waals surface area contributed by atoms with Crippen LogP contribution < -0.4 is 10.1 Å². The molecule has 1 atom stereocenters. The SMILES string of the molecule is Cc1ccc(OCC(=O)N(Cc2ccccc2C)C(Cc2ccccc2)C(=O)NC(C)C)cc1C. The average Bonchev–Trinajstić information content (AvgIpc) is 2.83. The fraction of sp³-hybridized carbons (Fsp3) is 0.333. The summed E-state index contributed by atoms with van der Waals surface area (Å²) in [7, 11) is 0. The van der Waals surface area contributed by atoms with Crippen molar-refractivity contribution in [1.29, 1.82) is 0 Å². The van der Waals surface area contributed by atoms with Gasteiger partial charge in [-0.25, -0.2) is 0 Å². The summed E-state index contributed by atoms with van der Waals surface area (Å²) in [6, 6.07) is 22.8. The average molecular weight is 473 g/mol. The highest BCUT2D eigenvalue weighted by atomic mass is 16.5. The molecule has 0 aliphatic heterocycles. The first kappa shape index (κ1) is 26.0. The van der Waals surface area contributed by atoms with Gasteiger partial charge in [-0.15, -0.1) is 0 Å². The van der Waals surface area contributed by atoms with Crippen LogP contribution in [0.2, 0.25) is 0 Å². The molecule has 0 aliphatic rings. The smallest absolute Gasteiger partial charge is 0.261 e. The molecule has 1 unspecified atom stereocenters. The van der Waals surface area contributed by atoms with Gasteiger partial charge in [-0.2, -0.15) is 0 Å². The van der Waals surface area contributed by atoms with Gasteiger partial charge in [0.2, 0.25) is 5.91 Å². The number of hydrogen-bond acceptors (Lipinski definition) is 3. The summed E-state index contributed by atoms with van der Waals surface area (Å²) in [5.41, 5.74) is 5.34. The molecular formula is C30H36N2O3. The fourth-order valence-corrected chi connectivity index (χ4v) is 3.94. The molecule has 0 heterocycles. The number of amides is 2. The lowest BCUT2D eigenvalue weighted by molar-refractivity contribution is -0.143. The number of nitrogens with one attached hydrogen (secondary N) is 1. The summed E-state index contributed by atoms with van der Waals surface area (Å²) in [4.78, 5) is 28.7. The molecule has 184 valence electrons. The number of carbonyl (C=O) groups is 2. The lowest BCUT2D eigenvalue weighted by Crippen LogP contribution is -2.52. The van der Waals surface area contributed by atoms with Crippen molar-refractivity contribution in [2.75, 3.05) is 6.61 Å². The summed E-state index contributed by atoms with van der Waals surface area (Å²) >= 11 is 0. The third-order valence-electron chi connectivity index (χ3n) is 6.14. The number of nitrogens with zero attached hydrogens (tertiary/aromatic N) is 1. The van der Waals surface area contributed by atoms with E-state index in [9.17, 15) is 9.59 Å². The molecule has 0 saturated carbocycles. The zero-order valence-electron chi connectivity index (χ0n) is 21.4. The van der Waals surface area contributed by atoms with Crippen molar-refractivity contribution in [3.8, 4) is 5.75 Å². The van der Waals surface area contributed by atoms with Gasteiger partial charge in [0, 0.05) is 19.0 Å². The second kappa shape index (κ2) is 12.2. The normalized spacial score (nSPS) is 11.7. The van der Waals surface area contributed by atoms with Gasteiger partial charge in [-0.3, -0.25) is 9.59 Å². The van der Waals surface area contributed by atoms with Crippen LogP contribution >= 0.6 is 0 Å². The van der Waals surface area contributed by atoms with Crippen molar-refractivity contribution >= 4 is 11.8 Å². The van der Waals surface area contributed by atoms with E-state index in [0.29, 0.717) is 18.7 Å². The molecule has 0 spiro atoms. The maximum atomic E-state index is 13.6. The summed E-state index contributed by atoms with van der Waals surface area (Å²) < 4.78 is 5.89. The molecule has 0 fully saturated rings. The van der Waals surface area contributed by atoms with E-state index < -0.39 is 6.04 Å². The monoisotopic (exact) mass is 472 g/mol. The quantitative estimate of drug-likeness (QED) is 0.444. The Labute approximate surface area is 209 Å². The summed E-state index contributed by atoms with van der Waals surface area (Å²) in [6.07, 6.45) is 0.417. The van der Waals surface area contributed by atoms with Crippen LogP contribution in [0.1, 0.15) is 41.7 Å². The molecule has 0 aromatic heterocycles. The molecule has 5 heteroatoms. The van der Waals surface area contributed by atoms with Gasteiger partial charge >= 0.3 is 0 Å². The number of carbonyl (C=O) groups excluding carboxylic acids is 2. The maximum Gasteiger partial charge on any atom is 0.261 e. The van der Waals surface area contributed by atoms with E-state index in [-0.39, 0.29) is 24.5 Å². The highest BCUT2D eigenvalue weighted by Crippen LogP contribution is 2.19. The number of hydrogen-bond donors (Lipinski definition) is 1. The number of rotatable bonds is 10. The number of ether oxygens (including phenoxy) is 1. The Morgan fingerprint density at radius 2 is 1.54 bits per heavy atom.